The number of hydrogen-bond donors (Lipinski definition) is 0. The highest BCUT2D eigenvalue weighted by molar-refractivity contribution is 6.30. The van der Waals surface area contributed by atoms with Gasteiger partial charge in [-0.2, -0.15) is 0 Å². The van der Waals surface area contributed by atoms with Crippen molar-refractivity contribution in [1.82, 2.24) is 14.9 Å². The number of hydrogen-bond acceptors (Lipinski definition) is 4. The summed E-state index contributed by atoms with van der Waals surface area (Å²) >= 11 is 5.78. The summed E-state index contributed by atoms with van der Waals surface area (Å²) in [7, 11) is 4.23. The van der Waals surface area contributed by atoms with Crippen LogP contribution in [0.3, 0.4) is 0 Å². The standard InChI is InChI=1S/C13H21ClN4/c1-17(12-5-3-4-6-12)7-8-18(2)13-15-9-11(14)10-16-13/h9-10,12H,3-8H2,1-2H3. The number of aromatic nitrogens is 2. The predicted octanol–water partition coefficient (Wildman–Crippen LogP) is 2.44. The summed E-state index contributed by atoms with van der Waals surface area (Å²) in [6, 6.07) is 0.768. The summed E-state index contributed by atoms with van der Waals surface area (Å²) in [6.07, 6.45) is 8.73. The zero-order chi connectivity index (χ0) is 13.0. The van der Waals surface area contributed by atoms with Crippen molar-refractivity contribution in [2.75, 3.05) is 32.1 Å². The van der Waals surface area contributed by atoms with E-state index in [2.05, 4.69) is 26.8 Å². The molecule has 0 unspecified atom stereocenters. The SMILES string of the molecule is CN(CCN(C)C1CCCC1)c1ncc(Cl)cn1. The Morgan fingerprint density at radius 2 is 1.78 bits per heavy atom. The quantitative estimate of drug-likeness (QED) is 0.821. The van der Waals surface area contributed by atoms with Crippen molar-refractivity contribution in [2.45, 2.75) is 31.7 Å². The summed E-state index contributed by atoms with van der Waals surface area (Å²) in [5, 5.41) is 0.579. The van der Waals surface area contributed by atoms with Gasteiger partial charge in [0, 0.05) is 26.2 Å². The van der Waals surface area contributed by atoms with Gasteiger partial charge in [0.2, 0.25) is 5.95 Å². The third kappa shape index (κ3) is 3.56. The lowest BCUT2D eigenvalue weighted by molar-refractivity contribution is 0.251. The number of nitrogens with zero attached hydrogens (tertiary/aromatic N) is 4. The Morgan fingerprint density at radius 1 is 1.17 bits per heavy atom. The average Bonchev–Trinajstić information content (AvgIpc) is 2.90. The van der Waals surface area contributed by atoms with Crippen molar-refractivity contribution in [3.8, 4) is 0 Å². The largest absolute Gasteiger partial charge is 0.343 e. The second-order valence-corrected chi connectivity index (χ2v) is 5.48. The van der Waals surface area contributed by atoms with Crippen molar-refractivity contribution in [3.63, 3.8) is 0 Å². The molecule has 1 aliphatic carbocycles. The number of anilines is 1. The number of halogens is 1. The first kappa shape index (κ1) is 13.6. The van der Waals surface area contributed by atoms with Crippen molar-refractivity contribution in [1.29, 1.82) is 0 Å². The molecule has 0 saturated heterocycles. The highest BCUT2D eigenvalue weighted by atomic mass is 35.5. The van der Waals surface area contributed by atoms with Crippen LogP contribution in [0.1, 0.15) is 25.7 Å². The van der Waals surface area contributed by atoms with Crippen LogP contribution in [0.2, 0.25) is 5.02 Å². The fourth-order valence-corrected chi connectivity index (χ4v) is 2.54. The molecule has 18 heavy (non-hydrogen) atoms. The number of likely N-dealkylation sites (N-methyl/N-ethyl adjacent to an activating group) is 2. The van der Waals surface area contributed by atoms with Crippen LogP contribution in [-0.2, 0) is 0 Å². The van der Waals surface area contributed by atoms with Crippen LogP contribution in [0.4, 0.5) is 5.95 Å². The fourth-order valence-electron chi connectivity index (χ4n) is 2.44. The van der Waals surface area contributed by atoms with E-state index in [0.717, 1.165) is 25.1 Å². The first-order chi connectivity index (χ1) is 8.66. The van der Waals surface area contributed by atoms with Gasteiger partial charge in [-0.05, 0) is 19.9 Å². The van der Waals surface area contributed by atoms with E-state index in [-0.39, 0.29) is 0 Å². The van der Waals surface area contributed by atoms with Gasteiger partial charge in [-0.25, -0.2) is 9.97 Å². The van der Waals surface area contributed by atoms with Gasteiger partial charge in [-0.3, -0.25) is 0 Å². The summed E-state index contributed by atoms with van der Waals surface area (Å²) < 4.78 is 0. The topological polar surface area (TPSA) is 32.3 Å². The summed E-state index contributed by atoms with van der Waals surface area (Å²) in [5.41, 5.74) is 0. The molecule has 0 aromatic carbocycles. The Kier molecular flexibility index (Phi) is 4.78. The van der Waals surface area contributed by atoms with Crippen LogP contribution in [0, 0.1) is 0 Å². The Morgan fingerprint density at radius 3 is 2.39 bits per heavy atom. The molecule has 1 aliphatic rings. The summed E-state index contributed by atoms with van der Waals surface area (Å²) in [5.74, 6) is 0.735. The molecule has 0 radical (unpaired) electrons. The minimum absolute atomic E-state index is 0.579. The maximum Gasteiger partial charge on any atom is 0.225 e. The minimum Gasteiger partial charge on any atom is -0.343 e. The lowest BCUT2D eigenvalue weighted by Crippen LogP contribution is -2.36. The van der Waals surface area contributed by atoms with Crippen LogP contribution >= 0.6 is 11.6 Å². The van der Waals surface area contributed by atoms with E-state index in [1.54, 1.807) is 12.4 Å². The predicted molar refractivity (Wildman–Crippen MR) is 75.2 cm³/mol. The molecule has 0 aliphatic heterocycles. The van der Waals surface area contributed by atoms with Gasteiger partial charge in [-0.15, -0.1) is 0 Å². The first-order valence-electron chi connectivity index (χ1n) is 6.56. The molecular weight excluding hydrogens is 248 g/mol. The fraction of sp³-hybridized carbons (Fsp3) is 0.692. The van der Waals surface area contributed by atoms with Crippen molar-refractivity contribution >= 4 is 17.5 Å². The molecule has 1 aromatic rings. The molecule has 2 rings (SSSR count). The van der Waals surface area contributed by atoms with Gasteiger partial charge in [0.15, 0.2) is 0 Å². The monoisotopic (exact) mass is 268 g/mol. The van der Waals surface area contributed by atoms with Crippen molar-refractivity contribution in [3.05, 3.63) is 17.4 Å². The normalized spacial score (nSPS) is 16.4. The van der Waals surface area contributed by atoms with Crippen molar-refractivity contribution < 1.29 is 0 Å². The molecule has 0 N–H and O–H groups in total. The number of rotatable bonds is 5. The third-order valence-corrected chi connectivity index (χ3v) is 3.88. The minimum atomic E-state index is 0.579. The van der Waals surface area contributed by atoms with Crippen LogP contribution < -0.4 is 4.90 Å². The van der Waals surface area contributed by atoms with E-state index in [1.807, 2.05) is 7.05 Å². The molecule has 4 nitrogen and oxygen atoms in total. The molecule has 0 spiro atoms. The Bertz CT molecular complexity index is 362. The lowest BCUT2D eigenvalue weighted by atomic mass is 10.2. The zero-order valence-corrected chi connectivity index (χ0v) is 11.9. The van der Waals surface area contributed by atoms with E-state index in [1.165, 1.54) is 25.7 Å². The second kappa shape index (κ2) is 6.34. The molecule has 100 valence electrons. The molecule has 0 amide bonds. The van der Waals surface area contributed by atoms with Crippen LogP contribution in [0.5, 0.6) is 0 Å². The zero-order valence-electron chi connectivity index (χ0n) is 11.1. The molecule has 1 saturated carbocycles. The van der Waals surface area contributed by atoms with Crippen LogP contribution in [0.25, 0.3) is 0 Å². The average molecular weight is 269 g/mol. The van der Waals surface area contributed by atoms with E-state index < -0.39 is 0 Å². The maximum atomic E-state index is 5.78. The van der Waals surface area contributed by atoms with E-state index in [4.69, 9.17) is 11.6 Å². The third-order valence-electron chi connectivity index (χ3n) is 3.68. The van der Waals surface area contributed by atoms with Gasteiger partial charge in [-0.1, -0.05) is 24.4 Å². The van der Waals surface area contributed by atoms with Gasteiger partial charge in [0.05, 0.1) is 17.4 Å². The molecule has 0 bridgehead atoms. The lowest BCUT2D eigenvalue weighted by Gasteiger charge is -2.26. The van der Waals surface area contributed by atoms with Gasteiger partial charge in [0.1, 0.15) is 0 Å². The van der Waals surface area contributed by atoms with Crippen LogP contribution in [0.15, 0.2) is 12.4 Å². The van der Waals surface area contributed by atoms with E-state index in [9.17, 15) is 0 Å². The molecule has 0 atom stereocenters. The second-order valence-electron chi connectivity index (χ2n) is 5.04. The van der Waals surface area contributed by atoms with Crippen LogP contribution in [-0.4, -0.2) is 48.1 Å². The van der Waals surface area contributed by atoms with Gasteiger partial charge in [0.25, 0.3) is 0 Å². The van der Waals surface area contributed by atoms with E-state index >= 15 is 0 Å². The summed E-state index contributed by atoms with van der Waals surface area (Å²) in [4.78, 5) is 13.0. The maximum absolute atomic E-state index is 5.78. The van der Waals surface area contributed by atoms with Crippen molar-refractivity contribution in [2.24, 2.45) is 0 Å². The molecular formula is C13H21ClN4. The molecule has 1 fully saturated rings. The Labute approximate surface area is 114 Å². The smallest absolute Gasteiger partial charge is 0.225 e. The first-order valence-corrected chi connectivity index (χ1v) is 6.93. The highest BCUT2D eigenvalue weighted by Gasteiger charge is 2.19. The van der Waals surface area contributed by atoms with Gasteiger partial charge < -0.3 is 9.80 Å². The van der Waals surface area contributed by atoms with Gasteiger partial charge >= 0.3 is 0 Å². The molecule has 5 heteroatoms. The van der Waals surface area contributed by atoms with E-state index in [0.29, 0.717) is 5.02 Å². The highest BCUT2D eigenvalue weighted by Crippen LogP contribution is 2.22. The Hall–Kier alpha value is -0.870. The Balaban J connectivity index is 1.80. The summed E-state index contributed by atoms with van der Waals surface area (Å²) in [6.45, 7) is 1.99. The molecule has 1 aromatic heterocycles. The molecule has 1 heterocycles.